The Bertz CT molecular complexity index is 283. The van der Waals surface area contributed by atoms with Crippen LogP contribution < -0.4 is 11.5 Å². The number of hydrogen-bond acceptors (Lipinski definition) is 3. The van der Waals surface area contributed by atoms with Gasteiger partial charge < -0.3 is 11.5 Å². The Kier molecular flexibility index (Phi) is 9.18. The number of rotatable bonds is 11. The maximum absolute atomic E-state index is 12.3. The van der Waals surface area contributed by atoms with E-state index in [9.17, 15) is 4.79 Å². The van der Waals surface area contributed by atoms with Crippen molar-refractivity contribution in [3.05, 3.63) is 0 Å². The maximum Gasteiger partial charge on any atom is 0.152 e. The van der Waals surface area contributed by atoms with E-state index >= 15 is 0 Å². The molecule has 0 saturated heterocycles. The molecule has 0 spiro atoms. The summed E-state index contributed by atoms with van der Waals surface area (Å²) in [5, 5.41) is 0. The number of carbonyl (C=O) groups excluding carboxylic acids is 1. The van der Waals surface area contributed by atoms with Gasteiger partial charge in [-0.25, -0.2) is 0 Å². The minimum atomic E-state index is -0.560. The van der Waals surface area contributed by atoms with Gasteiger partial charge in [-0.3, -0.25) is 4.79 Å². The number of ketones is 1. The summed E-state index contributed by atoms with van der Waals surface area (Å²) in [4.78, 5) is 12.3. The van der Waals surface area contributed by atoms with Crippen LogP contribution in [0.25, 0.3) is 0 Å². The van der Waals surface area contributed by atoms with E-state index in [1.54, 1.807) is 0 Å². The first kappa shape index (κ1) is 18.6. The topological polar surface area (TPSA) is 69.1 Å². The molecule has 0 bridgehead atoms. The minimum Gasteiger partial charge on any atom is -0.328 e. The normalized spacial score (nSPS) is 26.0. The second-order valence-corrected chi connectivity index (χ2v) is 7.00. The smallest absolute Gasteiger partial charge is 0.152 e. The zero-order chi connectivity index (χ0) is 15.6. The molecule has 1 aliphatic carbocycles. The summed E-state index contributed by atoms with van der Waals surface area (Å²) in [7, 11) is 0. The van der Waals surface area contributed by atoms with Crippen LogP contribution in [0.3, 0.4) is 0 Å². The number of Topliss-reactive ketones (excluding diaryl/α,β-unsaturated/α-hetero) is 1. The summed E-state index contributed by atoms with van der Waals surface area (Å²) < 4.78 is 0. The van der Waals surface area contributed by atoms with Crippen molar-refractivity contribution in [3.63, 3.8) is 0 Å². The molecule has 0 aromatic carbocycles. The standard InChI is InChI=1S/C18H36N2O/c1-2-3-4-5-6-7-8-9-10-11-17(21)18(20)14-12-16(19)13-15-18/h16H,2-15,19-20H2,1H3. The number of nitrogens with two attached hydrogens (primary N) is 2. The number of unbranched alkanes of at least 4 members (excludes halogenated alkanes) is 8. The van der Waals surface area contributed by atoms with E-state index in [1.165, 1.54) is 51.4 Å². The molecule has 1 fully saturated rings. The molecule has 0 radical (unpaired) electrons. The van der Waals surface area contributed by atoms with Gasteiger partial charge >= 0.3 is 0 Å². The van der Waals surface area contributed by atoms with Crippen molar-refractivity contribution < 1.29 is 4.79 Å². The predicted molar refractivity (Wildman–Crippen MR) is 90.2 cm³/mol. The SMILES string of the molecule is CCCCCCCCCCCC(=O)C1(N)CCC(N)CC1. The van der Waals surface area contributed by atoms with E-state index in [1.807, 2.05) is 0 Å². The van der Waals surface area contributed by atoms with E-state index in [0.717, 1.165) is 32.1 Å². The first-order chi connectivity index (χ1) is 10.1. The fourth-order valence-corrected chi connectivity index (χ4v) is 3.28. The fourth-order valence-electron chi connectivity index (χ4n) is 3.28. The van der Waals surface area contributed by atoms with Crippen LogP contribution in [0.1, 0.15) is 96.8 Å². The molecule has 1 aliphatic rings. The van der Waals surface area contributed by atoms with Gasteiger partial charge in [-0.1, -0.05) is 58.3 Å². The summed E-state index contributed by atoms with van der Waals surface area (Å²) in [6.07, 6.45) is 15.6. The summed E-state index contributed by atoms with van der Waals surface area (Å²) >= 11 is 0. The van der Waals surface area contributed by atoms with Gasteiger partial charge in [0.2, 0.25) is 0 Å². The molecule has 1 saturated carbocycles. The highest BCUT2D eigenvalue weighted by molar-refractivity contribution is 5.88. The van der Waals surface area contributed by atoms with Crippen molar-refractivity contribution in [1.82, 2.24) is 0 Å². The van der Waals surface area contributed by atoms with Crippen LogP contribution in [0.4, 0.5) is 0 Å². The molecular formula is C18H36N2O. The first-order valence-electron chi connectivity index (χ1n) is 9.16. The van der Waals surface area contributed by atoms with Crippen molar-refractivity contribution in [2.45, 2.75) is 108 Å². The van der Waals surface area contributed by atoms with Crippen LogP contribution >= 0.6 is 0 Å². The fraction of sp³-hybridized carbons (Fsp3) is 0.944. The predicted octanol–water partition coefficient (Wildman–Crippen LogP) is 4.08. The van der Waals surface area contributed by atoms with Gasteiger partial charge in [0.1, 0.15) is 0 Å². The molecular weight excluding hydrogens is 260 g/mol. The number of carbonyl (C=O) groups is 1. The van der Waals surface area contributed by atoms with Crippen molar-refractivity contribution in [2.24, 2.45) is 11.5 Å². The maximum atomic E-state index is 12.3. The van der Waals surface area contributed by atoms with Crippen molar-refractivity contribution in [1.29, 1.82) is 0 Å². The average Bonchev–Trinajstić information content (AvgIpc) is 2.48. The lowest BCUT2D eigenvalue weighted by Crippen LogP contribution is -2.52. The summed E-state index contributed by atoms with van der Waals surface area (Å²) in [5.74, 6) is 0.275. The molecule has 0 aromatic heterocycles. The van der Waals surface area contributed by atoms with Crippen LogP contribution in [-0.2, 0) is 4.79 Å². The lowest BCUT2D eigenvalue weighted by atomic mass is 9.76. The van der Waals surface area contributed by atoms with E-state index in [4.69, 9.17) is 11.5 Å². The lowest BCUT2D eigenvalue weighted by Gasteiger charge is -2.34. The Balaban J connectivity index is 2.01. The monoisotopic (exact) mass is 296 g/mol. The van der Waals surface area contributed by atoms with Crippen LogP contribution in [0.15, 0.2) is 0 Å². The van der Waals surface area contributed by atoms with Gasteiger partial charge in [0, 0.05) is 12.5 Å². The molecule has 4 N–H and O–H groups in total. The molecule has 3 heteroatoms. The van der Waals surface area contributed by atoms with Gasteiger partial charge in [-0.05, 0) is 32.1 Å². The van der Waals surface area contributed by atoms with Gasteiger partial charge in [0.15, 0.2) is 5.78 Å². The van der Waals surface area contributed by atoms with Gasteiger partial charge in [-0.2, -0.15) is 0 Å². The van der Waals surface area contributed by atoms with Gasteiger partial charge in [0.05, 0.1) is 5.54 Å². The highest BCUT2D eigenvalue weighted by atomic mass is 16.1. The van der Waals surface area contributed by atoms with Gasteiger partial charge in [0.25, 0.3) is 0 Å². The molecule has 3 nitrogen and oxygen atoms in total. The van der Waals surface area contributed by atoms with Crippen molar-refractivity contribution in [3.8, 4) is 0 Å². The molecule has 0 aromatic rings. The Morgan fingerprint density at radius 2 is 1.43 bits per heavy atom. The summed E-state index contributed by atoms with van der Waals surface area (Å²) in [6, 6.07) is 0.252. The molecule has 124 valence electrons. The highest BCUT2D eigenvalue weighted by Gasteiger charge is 2.36. The summed E-state index contributed by atoms with van der Waals surface area (Å²) in [5.41, 5.74) is 11.6. The van der Waals surface area contributed by atoms with Crippen molar-refractivity contribution >= 4 is 5.78 Å². The average molecular weight is 296 g/mol. The third-order valence-corrected chi connectivity index (χ3v) is 4.99. The third-order valence-electron chi connectivity index (χ3n) is 4.99. The molecule has 21 heavy (non-hydrogen) atoms. The molecule has 0 atom stereocenters. The molecule has 0 amide bonds. The number of hydrogen-bond donors (Lipinski definition) is 2. The van der Waals surface area contributed by atoms with E-state index < -0.39 is 5.54 Å². The van der Waals surface area contributed by atoms with E-state index in [-0.39, 0.29) is 11.8 Å². The minimum absolute atomic E-state index is 0.252. The Morgan fingerprint density at radius 1 is 0.952 bits per heavy atom. The Morgan fingerprint density at radius 3 is 1.95 bits per heavy atom. The third kappa shape index (κ3) is 7.42. The molecule has 0 heterocycles. The quantitative estimate of drug-likeness (QED) is 0.565. The Hall–Kier alpha value is -0.410. The van der Waals surface area contributed by atoms with Crippen LogP contribution in [0.5, 0.6) is 0 Å². The highest BCUT2D eigenvalue weighted by Crippen LogP contribution is 2.27. The van der Waals surface area contributed by atoms with Crippen LogP contribution in [0.2, 0.25) is 0 Å². The largest absolute Gasteiger partial charge is 0.328 e. The lowest BCUT2D eigenvalue weighted by molar-refractivity contribution is -0.125. The summed E-state index contributed by atoms with van der Waals surface area (Å²) in [6.45, 7) is 2.25. The van der Waals surface area contributed by atoms with Crippen LogP contribution in [0, 0.1) is 0 Å². The molecule has 0 aliphatic heterocycles. The second kappa shape index (κ2) is 10.3. The Labute approximate surface area is 131 Å². The second-order valence-electron chi connectivity index (χ2n) is 7.00. The van der Waals surface area contributed by atoms with Crippen LogP contribution in [-0.4, -0.2) is 17.4 Å². The zero-order valence-corrected chi connectivity index (χ0v) is 14.0. The van der Waals surface area contributed by atoms with E-state index in [0.29, 0.717) is 6.42 Å². The first-order valence-corrected chi connectivity index (χ1v) is 9.16. The van der Waals surface area contributed by atoms with Gasteiger partial charge in [-0.15, -0.1) is 0 Å². The molecule has 1 rings (SSSR count). The zero-order valence-electron chi connectivity index (χ0n) is 14.0. The van der Waals surface area contributed by atoms with Crippen molar-refractivity contribution in [2.75, 3.05) is 0 Å². The molecule has 0 unspecified atom stereocenters. The van der Waals surface area contributed by atoms with E-state index in [2.05, 4.69) is 6.92 Å².